The number of carbonyl (C=O) groups excluding carboxylic acids is 3. The Balaban J connectivity index is 1.59. The van der Waals surface area contributed by atoms with Crippen LogP contribution in [0.15, 0.2) is 57.9 Å². The molecule has 0 unspecified atom stereocenters. The van der Waals surface area contributed by atoms with Crippen molar-refractivity contribution >= 4 is 49.4 Å². The summed E-state index contributed by atoms with van der Waals surface area (Å²) < 4.78 is 32.9. The molecule has 2 aromatic rings. The van der Waals surface area contributed by atoms with E-state index in [4.69, 9.17) is 4.74 Å². The van der Waals surface area contributed by atoms with Crippen LogP contribution in [0.5, 0.6) is 0 Å². The van der Waals surface area contributed by atoms with E-state index >= 15 is 0 Å². The van der Waals surface area contributed by atoms with Gasteiger partial charge in [-0.2, -0.15) is 0 Å². The number of halogens is 1. The number of amides is 2. The quantitative estimate of drug-likeness (QED) is 0.636. The Morgan fingerprint density at radius 1 is 1.07 bits per heavy atom. The van der Waals surface area contributed by atoms with Gasteiger partial charge in [0.25, 0.3) is 15.9 Å². The third-order valence-electron chi connectivity index (χ3n) is 4.20. The number of sulfonamides is 1. The lowest BCUT2D eigenvalue weighted by atomic mass is 10.2. The molecule has 0 bridgehead atoms. The standard InChI is InChI=1S/C19H17BrN2O6S/c20-14-5-9-16(10-6-14)29(26,27)21-15-7-3-13(4-8-15)19(25)28-12-18(24)22-11-1-2-17(22)23/h3-10,21H,1-2,11-12H2. The zero-order chi connectivity index (χ0) is 21.0. The first kappa shape index (κ1) is 21.0. The van der Waals surface area contributed by atoms with Gasteiger partial charge in [-0.3, -0.25) is 19.2 Å². The number of ether oxygens (including phenoxy) is 1. The Labute approximate surface area is 176 Å². The van der Waals surface area contributed by atoms with Crippen LogP contribution in [0.3, 0.4) is 0 Å². The average Bonchev–Trinajstić information content (AvgIpc) is 3.12. The number of anilines is 1. The largest absolute Gasteiger partial charge is 0.452 e. The summed E-state index contributed by atoms with van der Waals surface area (Å²) in [6.45, 7) is -0.190. The molecule has 2 amide bonds. The van der Waals surface area contributed by atoms with Gasteiger partial charge in [0, 0.05) is 23.1 Å². The van der Waals surface area contributed by atoms with Gasteiger partial charge in [-0.15, -0.1) is 0 Å². The van der Waals surface area contributed by atoms with E-state index in [0.717, 1.165) is 9.37 Å². The number of hydrogen-bond donors (Lipinski definition) is 1. The molecule has 3 rings (SSSR count). The molecule has 0 atom stereocenters. The molecule has 8 nitrogen and oxygen atoms in total. The van der Waals surface area contributed by atoms with Crippen molar-refractivity contribution in [1.82, 2.24) is 4.90 Å². The Hall–Kier alpha value is -2.72. The van der Waals surface area contributed by atoms with Crippen molar-refractivity contribution in [2.45, 2.75) is 17.7 Å². The van der Waals surface area contributed by atoms with Crippen LogP contribution in [-0.2, 0) is 24.3 Å². The first-order valence-corrected chi connectivity index (χ1v) is 10.9. The lowest BCUT2D eigenvalue weighted by molar-refractivity contribution is -0.143. The highest BCUT2D eigenvalue weighted by atomic mass is 79.9. The van der Waals surface area contributed by atoms with E-state index in [1.807, 2.05) is 0 Å². The van der Waals surface area contributed by atoms with E-state index in [0.29, 0.717) is 19.4 Å². The summed E-state index contributed by atoms with van der Waals surface area (Å²) in [6.07, 6.45) is 0.924. The molecule has 29 heavy (non-hydrogen) atoms. The van der Waals surface area contributed by atoms with Crippen molar-refractivity contribution < 1.29 is 27.5 Å². The molecule has 1 fully saturated rings. The van der Waals surface area contributed by atoms with E-state index in [9.17, 15) is 22.8 Å². The highest BCUT2D eigenvalue weighted by Gasteiger charge is 2.27. The number of nitrogens with one attached hydrogen (secondary N) is 1. The number of carbonyl (C=O) groups is 3. The molecule has 10 heteroatoms. The van der Waals surface area contributed by atoms with Crippen molar-refractivity contribution in [3.05, 3.63) is 58.6 Å². The van der Waals surface area contributed by atoms with Gasteiger partial charge in [-0.05, 0) is 55.0 Å². The number of nitrogens with zero attached hydrogens (tertiary/aromatic N) is 1. The molecule has 1 N–H and O–H groups in total. The van der Waals surface area contributed by atoms with E-state index in [1.54, 1.807) is 12.1 Å². The monoisotopic (exact) mass is 480 g/mol. The maximum atomic E-state index is 12.4. The van der Waals surface area contributed by atoms with Crippen molar-refractivity contribution in [1.29, 1.82) is 0 Å². The molecule has 0 aromatic heterocycles. The number of likely N-dealkylation sites (tertiary alicyclic amines) is 1. The number of hydrogen-bond acceptors (Lipinski definition) is 6. The molecular weight excluding hydrogens is 464 g/mol. The van der Waals surface area contributed by atoms with Gasteiger partial charge >= 0.3 is 5.97 Å². The van der Waals surface area contributed by atoms with Crippen LogP contribution in [0, 0.1) is 0 Å². The van der Waals surface area contributed by atoms with Crippen LogP contribution in [0.2, 0.25) is 0 Å². The summed E-state index contributed by atoms with van der Waals surface area (Å²) in [5.74, 6) is -1.57. The molecule has 0 spiro atoms. The smallest absolute Gasteiger partial charge is 0.338 e. The third-order valence-corrected chi connectivity index (χ3v) is 6.12. The van der Waals surface area contributed by atoms with Crippen LogP contribution < -0.4 is 4.72 Å². The van der Waals surface area contributed by atoms with Gasteiger partial charge in [-0.1, -0.05) is 15.9 Å². The number of imide groups is 1. The highest BCUT2D eigenvalue weighted by Crippen LogP contribution is 2.19. The minimum Gasteiger partial charge on any atom is -0.452 e. The number of esters is 1. The van der Waals surface area contributed by atoms with Crippen molar-refractivity contribution in [2.75, 3.05) is 17.9 Å². The van der Waals surface area contributed by atoms with Crippen molar-refractivity contribution in [3.63, 3.8) is 0 Å². The fourth-order valence-corrected chi connectivity index (χ4v) is 4.03. The van der Waals surface area contributed by atoms with Crippen LogP contribution in [0.4, 0.5) is 5.69 Å². The summed E-state index contributed by atoms with van der Waals surface area (Å²) in [5, 5.41) is 0. The average molecular weight is 481 g/mol. The second kappa shape index (κ2) is 8.75. The molecular formula is C19H17BrN2O6S. The third kappa shape index (κ3) is 5.21. The van der Waals surface area contributed by atoms with Gasteiger partial charge in [0.1, 0.15) is 0 Å². The summed E-state index contributed by atoms with van der Waals surface area (Å²) >= 11 is 3.24. The van der Waals surface area contributed by atoms with E-state index < -0.39 is 28.5 Å². The van der Waals surface area contributed by atoms with E-state index in [1.165, 1.54) is 36.4 Å². The summed E-state index contributed by atoms with van der Waals surface area (Å²) in [4.78, 5) is 36.7. The van der Waals surface area contributed by atoms with Crippen LogP contribution in [0.1, 0.15) is 23.2 Å². The van der Waals surface area contributed by atoms with E-state index in [2.05, 4.69) is 20.7 Å². The SMILES string of the molecule is O=C(OCC(=O)N1CCCC1=O)c1ccc(NS(=O)(=O)c2ccc(Br)cc2)cc1. The van der Waals surface area contributed by atoms with Gasteiger partial charge in [-0.25, -0.2) is 13.2 Å². The van der Waals surface area contributed by atoms with Crippen LogP contribution >= 0.6 is 15.9 Å². The highest BCUT2D eigenvalue weighted by molar-refractivity contribution is 9.10. The molecule has 1 aliphatic rings. The fraction of sp³-hybridized carbons (Fsp3) is 0.211. The normalized spacial score (nSPS) is 14.0. The molecule has 2 aromatic carbocycles. The van der Waals surface area contributed by atoms with Crippen molar-refractivity contribution in [3.8, 4) is 0 Å². The zero-order valence-electron chi connectivity index (χ0n) is 15.1. The minimum atomic E-state index is -3.77. The van der Waals surface area contributed by atoms with Crippen LogP contribution in [-0.4, -0.2) is 44.3 Å². The summed E-state index contributed by atoms with van der Waals surface area (Å²) in [7, 11) is -3.77. The molecule has 0 aliphatic carbocycles. The predicted molar refractivity (Wildman–Crippen MR) is 108 cm³/mol. The predicted octanol–water partition coefficient (Wildman–Crippen LogP) is 2.56. The first-order valence-electron chi connectivity index (χ1n) is 8.65. The molecule has 1 aliphatic heterocycles. The zero-order valence-corrected chi connectivity index (χ0v) is 17.5. The second-order valence-corrected chi connectivity index (χ2v) is 8.85. The Bertz CT molecular complexity index is 1040. The molecule has 1 saturated heterocycles. The molecule has 0 saturated carbocycles. The van der Waals surface area contributed by atoms with E-state index in [-0.39, 0.29) is 22.1 Å². The fourth-order valence-electron chi connectivity index (χ4n) is 2.70. The first-order chi connectivity index (χ1) is 13.8. The lowest BCUT2D eigenvalue weighted by Crippen LogP contribution is -2.35. The minimum absolute atomic E-state index is 0.0964. The Morgan fingerprint density at radius 3 is 2.31 bits per heavy atom. The second-order valence-electron chi connectivity index (χ2n) is 6.26. The van der Waals surface area contributed by atoms with Gasteiger partial charge in [0.15, 0.2) is 6.61 Å². The maximum Gasteiger partial charge on any atom is 0.338 e. The molecule has 1 heterocycles. The van der Waals surface area contributed by atoms with Gasteiger partial charge in [0.2, 0.25) is 5.91 Å². The van der Waals surface area contributed by atoms with Gasteiger partial charge in [0.05, 0.1) is 10.5 Å². The topological polar surface area (TPSA) is 110 Å². The number of rotatable bonds is 6. The summed E-state index contributed by atoms with van der Waals surface area (Å²) in [5.41, 5.74) is 0.417. The van der Waals surface area contributed by atoms with Gasteiger partial charge < -0.3 is 4.74 Å². The lowest BCUT2D eigenvalue weighted by Gasteiger charge is -2.13. The summed E-state index contributed by atoms with van der Waals surface area (Å²) in [6, 6.07) is 11.7. The Morgan fingerprint density at radius 2 is 1.72 bits per heavy atom. The molecule has 152 valence electrons. The maximum absolute atomic E-state index is 12.4. The van der Waals surface area contributed by atoms with Crippen LogP contribution in [0.25, 0.3) is 0 Å². The van der Waals surface area contributed by atoms with Crippen molar-refractivity contribution in [2.24, 2.45) is 0 Å². The number of benzene rings is 2. The Kier molecular flexibility index (Phi) is 6.33. The molecule has 0 radical (unpaired) electrons.